The highest BCUT2D eigenvalue weighted by molar-refractivity contribution is 6.01. The Labute approximate surface area is 101 Å². The number of imide groups is 1. The van der Waals surface area contributed by atoms with Crippen LogP contribution in [0.1, 0.15) is 31.2 Å². The minimum absolute atomic E-state index is 0.00490. The van der Waals surface area contributed by atoms with Crippen LogP contribution in [0.3, 0.4) is 0 Å². The molecule has 0 aliphatic carbocycles. The second kappa shape index (κ2) is 5.62. The van der Waals surface area contributed by atoms with Crippen LogP contribution in [0, 0.1) is 0 Å². The molecular weight excluding hydrogens is 214 g/mol. The van der Waals surface area contributed by atoms with E-state index in [-0.39, 0.29) is 11.8 Å². The molecule has 17 heavy (non-hydrogen) atoms. The van der Waals surface area contributed by atoms with Gasteiger partial charge in [0.25, 0.3) is 0 Å². The normalized spacial score (nSPS) is 15.6. The minimum atomic E-state index is -0.00490. The number of aryl methyl sites for hydroxylation is 1. The summed E-state index contributed by atoms with van der Waals surface area (Å²) in [5.74, 6) is -0.00979. The molecule has 1 aliphatic rings. The van der Waals surface area contributed by atoms with Gasteiger partial charge in [0, 0.05) is 19.4 Å². The van der Waals surface area contributed by atoms with Crippen molar-refractivity contribution >= 4 is 11.8 Å². The average Bonchev–Trinajstić information content (AvgIpc) is 2.67. The maximum absolute atomic E-state index is 11.4. The number of carbonyl (C=O) groups is 2. The van der Waals surface area contributed by atoms with Gasteiger partial charge in [-0.1, -0.05) is 30.3 Å². The average molecular weight is 231 g/mol. The lowest BCUT2D eigenvalue weighted by Crippen LogP contribution is -2.29. The molecule has 0 atom stereocenters. The smallest absolute Gasteiger partial charge is 0.229 e. The molecule has 1 saturated heterocycles. The standard InChI is InChI=1S/C14H17NO2/c16-13-9-10-14(17)15(13)11-5-4-8-12-6-2-1-3-7-12/h1-3,6-7H,4-5,8-11H2. The van der Waals surface area contributed by atoms with E-state index in [1.54, 1.807) is 0 Å². The van der Waals surface area contributed by atoms with Gasteiger partial charge in [-0.25, -0.2) is 0 Å². The van der Waals surface area contributed by atoms with Gasteiger partial charge in [-0.3, -0.25) is 14.5 Å². The van der Waals surface area contributed by atoms with Crippen LogP contribution in [0.4, 0.5) is 0 Å². The van der Waals surface area contributed by atoms with Crippen LogP contribution in [0.15, 0.2) is 30.3 Å². The molecule has 2 rings (SSSR count). The van der Waals surface area contributed by atoms with Crippen LogP contribution in [0.5, 0.6) is 0 Å². The Morgan fingerprint density at radius 1 is 0.941 bits per heavy atom. The fourth-order valence-corrected chi connectivity index (χ4v) is 2.12. The van der Waals surface area contributed by atoms with E-state index in [2.05, 4.69) is 12.1 Å². The van der Waals surface area contributed by atoms with Gasteiger partial charge in [-0.05, 0) is 24.8 Å². The first kappa shape index (κ1) is 11.8. The zero-order chi connectivity index (χ0) is 12.1. The van der Waals surface area contributed by atoms with Crippen molar-refractivity contribution in [1.29, 1.82) is 0 Å². The Kier molecular flexibility index (Phi) is 3.91. The number of likely N-dealkylation sites (tertiary alicyclic amines) is 1. The molecule has 2 amide bonds. The zero-order valence-electron chi connectivity index (χ0n) is 9.89. The summed E-state index contributed by atoms with van der Waals surface area (Å²) in [6.07, 6.45) is 3.72. The number of nitrogens with zero attached hydrogens (tertiary/aromatic N) is 1. The summed E-state index contributed by atoms with van der Waals surface area (Å²) in [7, 11) is 0. The van der Waals surface area contributed by atoms with Crippen molar-refractivity contribution in [2.75, 3.05) is 6.54 Å². The Morgan fingerprint density at radius 3 is 2.24 bits per heavy atom. The Bertz CT molecular complexity index is 384. The topological polar surface area (TPSA) is 37.4 Å². The van der Waals surface area contributed by atoms with Crippen molar-refractivity contribution in [3.63, 3.8) is 0 Å². The quantitative estimate of drug-likeness (QED) is 0.575. The third-order valence-corrected chi connectivity index (χ3v) is 3.09. The SMILES string of the molecule is O=C1CCC(=O)N1CCCCc1ccccc1. The number of unbranched alkanes of at least 4 members (excludes halogenated alkanes) is 1. The predicted molar refractivity (Wildman–Crippen MR) is 65.3 cm³/mol. The molecule has 1 aromatic rings. The molecule has 3 nitrogen and oxygen atoms in total. The molecule has 0 radical (unpaired) electrons. The van der Waals surface area contributed by atoms with Gasteiger partial charge >= 0.3 is 0 Å². The molecule has 1 aromatic carbocycles. The summed E-state index contributed by atoms with van der Waals surface area (Å²) in [6.45, 7) is 0.588. The van der Waals surface area contributed by atoms with Crippen molar-refractivity contribution < 1.29 is 9.59 Å². The molecule has 0 bridgehead atoms. The third-order valence-electron chi connectivity index (χ3n) is 3.09. The number of benzene rings is 1. The molecule has 0 aromatic heterocycles. The van der Waals surface area contributed by atoms with E-state index in [0.29, 0.717) is 19.4 Å². The first-order valence-electron chi connectivity index (χ1n) is 6.14. The van der Waals surface area contributed by atoms with Crippen LogP contribution in [-0.2, 0) is 16.0 Å². The van der Waals surface area contributed by atoms with Crippen LogP contribution >= 0.6 is 0 Å². The van der Waals surface area contributed by atoms with Crippen molar-refractivity contribution in [2.24, 2.45) is 0 Å². The van der Waals surface area contributed by atoms with E-state index in [0.717, 1.165) is 19.3 Å². The van der Waals surface area contributed by atoms with Gasteiger partial charge in [-0.2, -0.15) is 0 Å². The summed E-state index contributed by atoms with van der Waals surface area (Å²) in [5.41, 5.74) is 1.31. The van der Waals surface area contributed by atoms with Crippen LogP contribution in [0.2, 0.25) is 0 Å². The van der Waals surface area contributed by atoms with Crippen molar-refractivity contribution in [1.82, 2.24) is 4.90 Å². The van der Waals surface area contributed by atoms with Crippen LogP contribution in [0.25, 0.3) is 0 Å². The summed E-state index contributed by atoms with van der Waals surface area (Å²) < 4.78 is 0. The number of hydrogen-bond donors (Lipinski definition) is 0. The van der Waals surface area contributed by atoms with E-state index in [1.807, 2.05) is 18.2 Å². The molecule has 90 valence electrons. The monoisotopic (exact) mass is 231 g/mol. The number of hydrogen-bond acceptors (Lipinski definition) is 2. The molecular formula is C14H17NO2. The van der Waals surface area contributed by atoms with Gasteiger partial charge in [0.15, 0.2) is 0 Å². The molecule has 0 spiro atoms. The maximum Gasteiger partial charge on any atom is 0.229 e. The van der Waals surface area contributed by atoms with E-state index < -0.39 is 0 Å². The first-order valence-corrected chi connectivity index (χ1v) is 6.14. The van der Waals surface area contributed by atoms with Gasteiger partial charge < -0.3 is 0 Å². The summed E-state index contributed by atoms with van der Waals surface area (Å²) in [6, 6.07) is 10.3. The summed E-state index contributed by atoms with van der Waals surface area (Å²) in [4.78, 5) is 24.1. The Balaban J connectivity index is 1.70. The molecule has 0 N–H and O–H groups in total. The number of amides is 2. The highest BCUT2D eigenvalue weighted by Crippen LogP contribution is 2.13. The van der Waals surface area contributed by atoms with E-state index in [9.17, 15) is 9.59 Å². The minimum Gasteiger partial charge on any atom is -0.283 e. The van der Waals surface area contributed by atoms with Gasteiger partial charge in [-0.15, -0.1) is 0 Å². The second-order valence-electron chi connectivity index (χ2n) is 4.38. The predicted octanol–water partition coefficient (Wildman–Crippen LogP) is 2.16. The maximum atomic E-state index is 11.4. The summed E-state index contributed by atoms with van der Waals surface area (Å²) in [5, 5.41) is 0. The van der Waals surface area contributed by atoms with E-state index in [1.165, 1.54) is 10.5 Å². The molecule has 1 fully saturated rings. The number of carbonyl (C=O) groups excluding carboxylic acids is 2. The lowest BCUT2D eigenvalue weighted by atomic mass is 10.1. The third kappa shape index (κ3) is 3.16. The first-order chi connectivity index (χ1) is 8.27. The molecule has 1 aliphatic heterocycles. The van der Waals surface area contributed by atoms with Crippen molar-refractivity contribution in [2.45, 2.75) is 32.1 Å². The lowest BCUT2D eigenvalue weighted by molar-refractivity contribution is -0.138. The highest BCUT2D eigenvalue weighted by Gasteiger charge is 2.27. The van der Waals surface area contributed by atoms with Crippen molar-refractivity contribution in [3.05, 3.63) is 35.9 Å². The van der Waals surface area contributed by atoms with Crippen LogP contribution < -0.4 is 0 Å². The fourth-order valence-electron chi connectivity index (χ4n) is 2.12. The van der Waals surface area contributed by atoms with Crippen LogP contribution in [-0.4, -0.2) is 23.3 Å². The lowest BCUT2D eigenvalue weighted by Gasteiger charge is -2.13. The fraction of sp³-hybridized carbons (Fsp3) is 0.429. The second-order valence-corrected chi connectivity index (χ2v) is 4.38. The Hall–Kier alpha value is -1.64. The molecule has 3 heteroatoms. The molecule has 0 saturated carbocycles. The summed E-state index contributed by atoms with van der Waals surface area (Å²) >= 11 is 0. The van der Waals surface area contributed by atoms with Crippen molar-refractivity contribution in [3.8, 4) is 0 Å². The van der Waals surface area contributed by atoms with Gasteiger partial charge in [0.05, 0.1) is 0 Å². The van der Waals surface area contributed by atoms with E-state index in [4.69, 9.17) is 0 Å². The Morgan fingerprint density at radius 2 is 1.59 bits per heavy atom. The van der Waals surface area contributed by atoms with Gasteiger partial charge in [0.2, 0.25) is 11.8 Å². The van der Waals surface area contributed by atoms with E-state index >= 15 is 0 Å². The highest BCUT2D eigenvalue weighted by atomic mass is 16.2. The molecule has 0 unspecified atom stereocenters. The molecule has 1 heterocycles. The van der Waals surface area contributed by atoms with Gasteiger partial charge in [0.1, 0.15) is 0 Å². The number of rotatable bonds is 5. The largest absolute Gasteiger partial charge is 0.283 e. The zero-order valence-corrected chi connectivity index (χ0v) is 9.89.